The van der Waals surface area contributed by atoms with Crippen LogP contribution in [0, 0.1) is 25.7 Å². The quantitative estimate of drug-likeness (QED) is 0.359. The van der Waals surface area contributed by atoms with Crippen molar-refractivity contribution >= 4 is 61.2 Å². The minimum absolute atomic E-state index is 0.0985. The zero-order valence-corrected chi connectivity index (χ0v) is 19.3. The lowest BCUT2D eigenvalue weighted by atomic mass is 9.81. The number of carbonyl (C=O) groups excluding carboxylic acids is 4. The fourth-order valence-corrected chi connectivity index (χ4v) is 5.02. The molecular weight excluding hydrogens is 508 g/mol. The highest BCUT2D eigenvalue weighted by atomic mass is 79.9. The van der Waals surface area contributed by atoms with Gasteiger partial charge >= 0.3 is 5.97 Å². The van der Waals surface area contributed by atoms with Crippen LogP contribution in [0.4, 0.5) is 5.69 Å². The largest absolute Gasteiger partial charge is 0.454 e. The van der Waals surface area contributed by atoms with Crippen LogP contribution in [0.5, 0.6) is 0 Å². The number of rotatable bonds is 5. The van der Waals surface area contributed by atoms with Gasteiger partial charge < -0.3 is 10.1 Å². The number of amides is 3. The summed E-state index contributed by atoms with van der Waals surface area (Å²) >= 11 is 7.04. The predicted octanol–water partition coefficient (Wildman–Crippen LogP) is 2.71. The minimum Gasteiger partial charge on any atom is -0.454 e. The minimum atomic E-state index is -0.785. The molecule has 4 atom stereocenters. The van der Waals surface area contributed by atoms with Gasteiger partial charge in [-0.2, -0.15) is 0 Å². The second-order valence-electron chi connectivity index (χ2n) is 7.51. The highest BCUT2D eigenvalue weighted by Gasteiger charge is 2.52. The van der Waals surface area contributed by atoms with Crippen LogP contribution in [0.2, 0.25) is 0 Å². The molecule has 1 heterocycles. The summed E-state index contributed by atoms with van der Waals surface area (Å²) < 4.78 is 4.98. The maximum absolute atomic E-state index is 12.6. The number of carbonyl (C=O) groups is 4. The van der Waals surface area contributed by atoms with Crippen LogP contribution in [0.25, 0.3) is 0 Å². The highest BCUT2D eigenvalue weighted by Crippen LogP contribution is 2.43. The second-order valence-corrected chi connectivity index (χ2v) is 9.86. The molecule has 1 aromatic carbocycles. The normalized spacial score (nSPS) is 26.3. The molecule has 1 aromatic rings. The molecule has 1 aliphatic carbocycles. The van der Waals surface area contributed by atoms with Gasteiger partial charge in [0.05, 0.1) is 11.8 Å². The van der Waals surface area contributed by atoms with Crippen molar-refractivity contribution in [3.05, 3.63) is 29.3 Å². The molecule has 3 amide bonds. The lowest BCUT2D eigenvalue weighted by Crippen LogP contribution is -2.37. The van der Waals surface area contributed by atoms with Crippen molar-refractivity contribution < 1.29 is 23.9 Å². The Kier molecular flexibility index (Phi) is 6.78. The van der Waals surface area contributed by atoms with Crippen molar-refractivity contribution in [1.82, 2.24) is 4.90 Å². The Morgan fingerprint density at radius 2 is 1.69 bits per heavy atom. The van der Waals surface area contributed by atoms with E-state index in [0.29, 0.717) is 18.5 Å². The molecule has 0 unspecified atom stereocenters. The zero-order valence-electron chi connectivity index (χ0n) is 16.1. The van der Waals surface area contributed by atoms with E-state index in [0.717, 1.165) is 16.0 Å². The monoisotopic (exact) mass is 528 g/mol. The van der Waals surface area contributed by atoms with Gasteiger partial charge in [0.1, 0.15) is 6.54 Å². The van der Waals surface area contributed by atoms with Crippen molar-refractivity contribution in [2.75, 3.05) is 18.5 Å². The van der Waals surface area contributed by atoms with Gasteiger partial charge in [-0.15, -0.1) is 0 Å². The second kappa shape index (κ2) is 8.95. The van der Waals surface area contributed by atoms with E-state index in [1.54, 1.807) is 6.07 Å². The number of aryl methyl sites for hydroxylation is 2. The number of hydrogen-bond acceptors (Lipinski definition) is 5. The number of alkyl halides is 2. The maximum atomic E-state index is 12.6. The van der Waals surface area contributed by atoms with Crippen LogP contribution in [-0.4, -0.2) is 51.4 Å². The van der Waals surface area contributed by atoms with Gasteiger partial charge in [0.25, 0.3) is 5.91 Å². The van der Waals surface area contributed by atoms with Crippen LogP contribution >= 0.6 is 31.9 Å². The molecule has 2 fully saturated rings. The first kappa shape index (κ1) is 22.0. The summed E-state index contributed by atoms with van der Waals surface area (Å²) in [6.07, 6.45) is 1.07. The van der Waals surface area contributed by atoms with E-state index in [9.17, 15) is 19.2 Å². The molecule has 7 nitrogen and oxygen atoms in total. The number of halogens is 2. The lowest BCUT2D eigenvalue weighted by Gasteiger charge is -2.29. The Labute approximate surface area is 185 Å². The maximum Gasteiger partial charge on any atom is 0.326 e. The average Bonchev–Trinajstić information content (AvgIpc) is 2.87. The molecule has 1 saturated carbocycles. The summed E-state index contributed by atoms with van der Waals surface area (Å²) in [4.78, 5) is 50.5. The summed E-state index contributed by atoms with van der Waals surface area (Å²) in [5.41, 5.74) is 2.61. The number of nitrogens with zero attached hydrogens (tertiary/aromatic N) is 1. The zero-order chi connectivity index (χ0) is 21.3. The molecule has 9 heteroatoms. The number of esters is 1. The third kappa shape index (κ3) is 4.88. The van der Waals surface area contributed by atoms with E-state index in [-0.39, 0.29) is 21.5 Å². The van der Waals surface area contributed by atoms with Crippen molar-refractivity contribution in [3.8, 4) is 0 Å². The summed E-state index contributed by atoms with van der Waals surface area (Å²) in [6.45, 7) is 2.87. The van der Waals surface area contributed by atoms with E-state index in [2.05, 4.69) is 37.2 Å². The Morgan fingerprint density at radius 1 is 1.10 bits per heavy atom. The summed E-state index contributed by atoms with van der Waals surface area (Å²) in [5.74, 6) is -2.79. The summed E-state index contributed by atoms with van der Waals surface area (Å²) in [6, 6.07) is 5.58. The van der Waals surface area contributed by atoms with Gasteiger partial charge in [-0.1, -0.05) is 49.6 Å². The number of hydrogen-bond donors (Lipinski definition) is 1. The van der Waals surface area contributed by atoms with Gasteiger partial charge in [-0.25, -0.2) is 0 Å². The van der Waals surface area contributed by atoms with E-state index in [1.165, 1.54) is 0 Å². The number of anilines is 1. The van der Waals surface area contributed by atoms with E-state index in [1.807, 2.05) is 26.0 Å². The van der Waals surface area contributed by atoms with Gasteiger partial charge in [-0.05, 0) is 38.3 Å². The smallest absolute Gasteiger partial charge is 0.326 e. The fraction of sp³-hybridized carbons (Fsp3) is 0.500. The Balaban J connectivity index is 1.52. The van der Waals surface area contributed by atoms with Gasteiger partial charge in [0, 0.05) is 15.3 Å². The lowest BCUT2D eigenvalue weighted by molar-refractivity contribution is -0.154. The number of benzene rings is 1. The average molecular weight is 530 g/mol. The van der Waals surface area contributed by atoms with Crippen molar-refractivity contribution in [1.29, 1.82) is 0 Å². The first-order chi connectivity index (χ1) is 13.7. The van der Waals surface area contributed by atoms with Crippen molar-refractivity contribution in [2.45, 2.75) is 36.3 Å². The first-order valence-corrected chi connectivity index (χ1v) is 11.2. The van der Waals surface area contributed by atoms with E-state index < -0.39 is 36.9 Å². The van der Waals surface area contributed by atoms with Crippen LogP contribution in [0.1, 0.15) is 24.0 Å². The summed E-state index contributed by atoms with van der Waals surface area (Å²) in [5, 5.41) is 2.68. The van der Waals surface area contributed by atoms with Crippen LogP contribution in [0.15, 0.2) is 18.2 Å². The molecule has 1 saturated heterocycles. The van der Waals surface area contributed by atoms with E-state index in [4.69, 9.17) is 4.74 Å². The molecule has 0 spiro atoms. The van der Waals surface area contributed by atoms with Crippen LogP contribution in [0.3, 0.4) is 0 Å². The third-order valence-electron chi connectivity index (χ3n) is 5.31. The molecule has 2 aliphatic rings. The molecule has 0 bridgehead atoms. The fourth-order valence-electron chi connectivity index (χ4n) is 3.78. The standard InChI is InChI=1S/C20H22Br2N2O5/c1-10-3-4-16(11(2)5-10)23-17(25)9-29-18(26)8-24-19(27)12-6-14(21)15(22)7-13(12)20(24)28/h3-5,12-15H,6-9H2,1-2H3,(H,23,25)/t12-,13+,14-,15-/m0/s1. The number of likely N-dealkylation sites (tertiary alicyclic amines) is 1. The predicted molar refractivity (Wildman–Crippen MR) is 114 cm³/mol. The molecule has 1 N–H and O–H groups in total. The van der Waals surface area contributed by atoms with Gasteiger partial charge in [0.15, 0.2) is 6.61 Å². The Bertz CT molecular complexity index is 831. The third-order valence-corrected chi connectivity index (χ3v) is 8.04. The van der Waals surface area contributed by atoms with E-state index >= 15 is 0 Å². The Hall–Kier alpha value is -1.74. The van der Waals surface area contributed by atoms with Gasteiger partial charge in [0.2, 0.25) is 11.8 Å². The Morgan fingerprint density at radius 3 is 2.24 bits per heavy atom. The molecular formula is C20H22Br2N2O5. The summed E-state index contributed by atoms with van der Waals surface area (Å²) in [7, 11) is 0. The molecule has 29 heavy (non-hydrogen) atoms. The number of fused-ring (bicyclic) bond motifs is 1. The number of ether oxygens (including phenoxy) is 1. The van der Waals surface area contributed by atoms with Gasteiger partial charge in [-0.3, -0.25) is 24.1 Å². The van der Waals surface area contributed by atoms with Crippen LogP contribution in [-0.2, 0) is 23.9 Å². The molecule has 0 aromatic heterocycles. The SMILES string of the molecule is Cc1ccc(NC(=O)COC(=O)CN2C(=O)[C@H]3C[C@H](Br)[C@@H](Br)C[C@H]3C2=O)c(C)c1. The molecule has 3 rings (SSSR count). The molecule has 1 aliphatic heterocycles. The van der Waals surface area contributed by atoms with Crippen molar-refractivity contribution in [2.24, 2.45) is 11.8 Å². The number of imide groups is 1. The molecule has 0 radical (unpaired) electrons. The topological polar surface area (TPSA) is 92.8 Å². The van der Waals surface area contributed by atoms with Crippen molar-refractivity contribution in [3.63, 3.8) is 0 Å². The first-order valence-electron chi connectivity index (χ1n) is 9.33. The molecule has 156 valence electrons. The number of nitrogens with one attached hydrogen (secondary N) is 1. The highest BCUT2D eigenvalue weighted by molar-refractivity contribution is 9.12. The van der Waals surface area contributed by atoms with Crippen LogP contribution < -0.4 is 5.32 Å².